The number of benzene rings is 1. The Morgan fingerprint density at radius 3 is 2.32 bits per heavy atom. The summed E-state index contributed by atoms with van der Waals surface area (Å²) in [6.07, 6.45) is -0.860. The number of cyclic esters (lactones) is 1. The predicted molar refractivity (Wildman–Crippen MR) is 72.4 cm³/mol. The number of halogens is 3. The third kappa shape index (κ3) is 2.86. The highest BCUT2D eigenvalue weighted by Gasteiger charge is 2.42. The Hall–Kier alpha value is -0.840. The molecule has 0 spiro atoms. The second kappa shape index (κ2) is 5.27. The number of hydrogen-bond acceptors (Lipinski definition) is 4. The van der Waals surface area contributed by atoms with E-state index in [-0.39, 0.29) is 6.42 Å². The largest absolute Gasteiger partial charge is 0.493 e. The van der Waals surface area contributed by atoms with Crippen LogP contribution in [0.3, 0.4) is 0 Å². The smallest absolute Gasteiger partial charge is 0.311 e. The van der Waals surface area contributed by atoms with E-state index in [1.807, 2.05) is 0 Å². The second-order valence-electron chi connectivity index (χ2n) is 3.99. The number of esters is 1. The van der Waals surface area contributed by atoms with Crippen molar-refractivity contribution in [3.05, 3.63) is 23.3 Å². The summed E-state index contributed by atoms with van der Waals surface area (Å²) in [7, 11) is 3.02. The molecule has 0 aromatic heterocycles. The number of rotatable bonds is 2. The SMILES string of the molecule is COc1cc2c(cc1OC)C(C(Cl)(Cl)Cl)OC(=O)C2. The molecule has 1 aliphatic heterocycles. The molecule has 4 nitrogen and oxygen atoms in total. The van der Waals surface area contributed by atoms with Crippen LogP contribution in [0.4, 0.5) is 0 Å². The molecule has 0 bridgehead atoms. The quantitative estimate of drug-likeness (QED) is 0.619. The van der Waals surface area contributed by atoms with E-state index in [9.17, 15) is 4.79 Å². The minimum Gasteiger partial charge on any atom is -0.493 e. The number of methoxy groups -OCH3 is 2. The first kappa shape index (κ1) is 14.6. The summed E-state index contributed by atoms with van der Waals surface area (Å²) in [6.45, 7) is 0. The molecule has 19 heavy (non-hydrogen) atoms. The third-order valence-electron chi connectivity index (χ3n) is 2.81. The Labute approximate surface area is 125 Å². The van der Waals surface area contributed by atoms with E-state index in [1.165, 1.54) is 14.2 Å². The van der Waals surface area contributed by atoms with Gasteiger partial charge in [-0.05, 0) is 17.7 Å². The van der Waals surface area contributed by atoms with Gasteiger partial charge >= 0.3 is 5.97 Å². The molecule has 2 rings (SSSR count). The van der Waals surface area contributed by atoms with Crippen LogP contribution >= 0.6 is 34.8 Å². The first-order valence-electron chi connectivity index (χ1n) is 5.37. The van der Waals surface area contributed by atoms with Gasteiger partial charge in [-0.2, -0.15) is 0 Å². The zero-order valence-electron chi connectivity index (χ0n) is 10.2. The first-order valence-corrected chi connectivity index (χ1v) is 6.51. The topological polar surface area (TPSA) is 44.8 Å². The molecule has 0 saturated carbocycles. The predicted octanol–water partition coefficient (Wildman–Crippen LogP) is 3.21. The molecule has 0 N–H and O–H groups in total. The summed E-state index contributed by atoms with van der Waals surface area (Å²) >= 11 is 17.6. The normalized spacial score (nSPS) is 18.6. The van der Waals surface area contributed by atoms with Gasteiger partial charge in [0.05, 0.1) is 20.6 Å². The van der Waals surface area contributed by atoms with E-state index in [4.69, 9.17) is 49.0 Å². The molecule has 0 amide bonds. The lowest BCUT2D eigenvalue weighted by Gasteiger charge is -2.30. The van der Waals surface area contributed by atoms with Crippen molar-refractivity contribution in [2.45, 2.75) is 16.3 Å². The highest BCUT2D eigenvalue weighted by molar-refractivity contribution is 6.68. The first-order chi connectivity index (χ1) is 8.86. The summed E-state index contributed by atoms with van der Waals surface area (Å²) in [4.78, 5) is 11.6. The van der Waals surface area contributed by atoms with E-state index >= 15 is 0 Å². The molecule has 1 aromatic rings. The fraction of sp³-hybridized carbons (Fsp3) is 0.417. The van der Waals surface area contributed by atoms with E-state index in [0.717, 1.165) is 0 Å². The van der Waals surface area contributed by atoms with Crippen LogP contribution < -0.4 is 9.47 Å². The minimum atomic E-state index is -1.75. The lowest BCUT2D eigenvalue weighted by Crippen LogP contribution is -2.30. The Morgan fingerprint density at radius 2 is 1.79 bits per heavy atom. The van der Waals surface area contributed by atoms with Crippen molar-refractivity contribution in [2.75, 3.05) is 14.2 Å². The average molecular weight is 326 g/mol. The number of ether oxygens (including phenoxy) is 3. The van der Waals surface area contributed by atoms with Gasteiger partial charge in [-0.3, -0.25) is 4.79 Å². The Balaban J connectivity index is 2.57. The molecule has 1 atom stereocenters. The van der Waals surface area contributed by atoms with Crippen LogP contribution in [0.25, 0.3) is 0 Å². The standard InChI is InChI=1S/C12H11Cl3O4/c1-17-8-3-6-4-10(16)19-11(12(13,14)15)7(6)5-9(8)18-2/h3,5,11H,4H2,1-2H3. The molecule has 0 fully saturated rings. The van der Waals surface area contributed by atoms with Gasteiger partial charge in [0.2, 0.25) is 3.79 Å². The Morgan fingerprint density at radius 1 is 1.21 bits per heavy atom. The van der Waals surface area contributed by atoms with Gasteiger partial charge in [0.1, 0.15) is 0 Å². The van der Waals surface area contributed by atoms with Gasteiger partial charge < -0.3 is 14.2 Å². The van der Waals surface area contributed by atoms with E-state index < -0.39 is 15.9 Å². The monoisotopic (exact) mass is 324 g/mol. The molecule has 104 valence electrons. The molecular formula is C12H11Cl3O4. The van der Waals surface area contributed by atoms with Gasteiger partial charge in [0.15, 0.2) is 17.6 Å². The van der Waals surface area contributed by atoms with E-state index in [2.05, 4.69) is 0 Å². The lowest BCUT2D eigenvalue weighted by molar-refractivity contribution is -0.150. The zero-order valence-corrected chi connectivity index (χ0v) is 12.5. The number of hydrogen-bond donors (Lipinski definition) is 0. The summed E-state index contributed by atoms with van der Waals surface area (Å²) in [6, 6.07) is 3.35. The number of fused-ring (bicyclic) bond motifs is 1. The van der Waals surface area contributed by atoms with Crippen molar-refractivity contribution in [1.82, 2.24) is 0 Å². The number of alkyl halides is 3. The van der Waals surface area contributed by atoms with Crippen LogP contribution in [0.1, 0.15) is 17.2 Å². The number of carbonyl (C=O) groups excluding carboxylic acids is 1. The highest BCUT2D eigenvalue weighted by atomic mass is 35.6. The van der Waals surface area contributed by atoms with Crippen LogP contribution in [-0.4, -0.2) is 24.0 Å². The summed E-state index contributed by atoms with van der Waals surface area (Å²) < 4.78 is 13.8. The average Bonchev–Trinajstić information content (AvgIpc) is 2.34. The second-order valence-corrected chi connectivity index (χ2v) is 6.36. The Kier molecular flexibility index (Phi) is 4.04. The van der Waals surface area contributed by atoms with Crippen LogP contribution in [0, 0.1) is 0 Å². The minimum absolute atomic E-state index is 0.104. The fourth-order valence-electron chi connectivity index (χ4n) is 1.97. The third-order valence-corrected chi connectivity index (χ3v) is 3.40. The van der Waals surface area contributed by atoms with Crippen LogP contribution in [0.15, 0.2) is 12.1 Å². The van der Waals surface area contributed by atoms with E-state index in [1.54, 1.807) is 12.1 Å². The highest BCUT2D eigenvalue weighted by Crippen LogP contribution is 2.47. The summed E-state index contributed by atoms with van der Waals surface area (Å²) in [5, 5.41) is 0. The summed E-state index contributed by atoms with van der Waals surface area (Å²) in [5.41, 5.74) is 1.31. The molecule has 1 heterocycles. The van der Waals surface area contributed by atoms with Crippen LogP contribution in [0.5, 0.6) is 11.5 Å². The molecule has 0 aliphatic carbocycles. The zero-order chi connectivity index (χ0) is 14.2. The summed E-state index contributed by atoms with van der Waals surface area (Å²) in [5.74, 6) is 0.550. The fourth-order valence-corrected chi connectivity index (χ4v) is 2.46. The van der Waals surface area contributed by atoms with Gasteiger partial charge in [0, 0.05) is 5.56 Å². The van der Waals surface area contributed by atoms with Crippen molar-refractivity contribution in [2.24, 2.45) is 0 Å². The van der Waals surface area contributed by atoms with Crippen molar-refractivity contribution in [1.29, 1.82) is 0 Å². The maximum absolute atomic E-state index is 11.6. The maximum Gasteiger partial charge on any atom is 0.311 e. The van der Waals surface area contributed by atoms with Gasteiger partial charge in [-0.15, -0.1) is 0 Å². The molecule has 1 aromatic carbocycles. The maximum atomic E-state index is 11.6. The van der Waals surface area contributed by atoms with Crippen molar-refractivity contribution >= 4 is 40.8 Å². The van der Waals surface area contributed by atoms with Crippen LogP contribution in [0.2, 0.25) is 0 Å². The molecule has 1 aliphatic rings. The molecule has 1 unspecified atom stereocenters. The van der Waals surface area contributed by atoms with E-state index in [0.29, 0.717) is 22.6 Å². The van der Waals surface area contributed by atoms with Crippen LogP contribution in [-0.2, 0) is 16.0 Å². The van der Waals surface area contributed by atoms with Gasteiger partial charge in [-0.25, -0.2) is 0 Å². The number of carbonyl (C=O) groups is 1. The van der Waals surface area contributed by atoms with Crippen molar-refractivity contribution in [3.63, 3.8) is 0 Å². The molecule has 7 heteroatoms. The molecular weight excluding hydrogens is 314 g/mol. The van der Waals surface area contributed by atoms with Crippen molar-refractivity contribution < 1.29 is 19.0 Å². The van der Waals surface area contributed by atoms with Crippen molar-refractivity contribution in [3.8, 4) is 11.5 Å². The lowest BCUT2D eigenvalue weighted by atomic mass is 9.97. The Bertz CT molecular complexity index is 510. The molecule has 0 saturated heterocycles. The van der Waals surface area contributed by atoms with Gasteiger partial charge in [-0.1, -0.05) is 34.8 Å². The van der Waals surface area contributed by atoms with Gasteiger partial charge in [0.25, 0.3) is 0 Å². The molecule has 0 radical (unpaired) electrons.